The van der Waals surface area contributed by atoms with Gasteiger partial charge in [0.15, 0.2) is 0 Å². The molecular weight excluding hydrogens is 212 g/mol. The molecule has 2 aromatic rings. The van der Waals surface area contributed by atoms with Crippen LogP contribution in [0.4, 0.5) is 17.3 Å². The number of anilines is 3. The Bertz CT molecular complexity index is 476. The van der Waals surface area contributed by atoms with Gasteiger partial charge in [-0.1, -0.05) is 0 Å². The maximum Gasteiger partial charge on any atom is 0.229 e. The molecule has 0 aliphatic rings. The van der Waals surface area contributed by atoms with E-state index >= 15 is 0 Å². The monoisotopic (exact) mass is 228 g/mol. The largest absolute Gasteiger partial charge is 0.388 e. The van der Waals surface area contributed by atoms with Crippen molar-refractivity contribution in [3.63, 3.8) is 0 Å². The van der Waals surface area contributed by atoms with Gasteiger partial charge in [-0.2, -0.15) is 0 Å². The summed E-state index contributed by atoms with van der Waals surface area (Å²) in [6.45, 7) is 1.98. The Morgan fingerprint density at radius 1 is 1.06 bits per heavy atom. The van der Waals surface area contributed by atoms with E-state index in [2.05, 4.69) is 15.3 Å². The molecule has 0 aliphatic carbocycles. The zero-order chi connectivity index (χ0) is 12.3. The number of nitrogens with zero attached hydrogens (tertiary/aromatic N) is 3. The zero-order valence-electron chi connectivity index (χ0n) is 10.3. The van der Waals surface area contributed by atoms with Crippen LogP contribution in [0.25, 0.3) is 0 Å². The standard InChI is InChI=1S/C13H16N4/c1-10-8-15-13(16-9-10)17(3)12-6-4-11(14-2)5-7-12/h4-9,14H,1-3H3. The lowest BCUT2D eigenvalue weighted by Crippen LogP contribution is -2.12. The summed E-state index contributed by atoms with van der Waals surface area (Å²) in [6.07, 6.45) is 3.64. The molecule has 1 aromatic carbocycles. The summed E-state index contributed by atoms with van der Waals surface area (Å²) in [5.74, 6) is 0.702. The second-order valence-corrected chi connectivity index (χ2v) is 3.92. The van der Waals surface area contributed by atoms with Crippen LogP contribution in [0.5, 0.6) is 0 Å². The molecule has 4 nitrogen and oxygen atoms in total. The number of hydrogen-bond donors (Lipinski definition) is 1. The first-order valence-electron chi connectivity index (χ1n) is 5.51. The van der Waals surface area contributed by atoms with Gasteiger partial charge in [-0.15, -0.1) is 0 Å². The summed E-state index contributed by atoms with van der Waals surface area (Å²) in [7, 11) is 3.86. The molecule has 0 aliphatic heterocycles. The van der Waals surface area contributed by atoms with Crippen molar-refractivity contribution in [3.05, 3.63) is 42.2 Å². The molecule has 0 radical (unpaired) electrons. The number of benzene rings is 1. The summed E-state index contributed by atoms with van der Waals surface area (Å²) < 4.78 is 0. The fourth-order valence-electron chi connectivity index (χ4n) is 1.53. The van der Waals surface area contributed by atoms with Crippen molar-refractivity contribution in [2.24, 2.45) is 0 Å². The second kappa shape index (κ2) is 4.82. The Labute approximate surface area is 101 Å². The van der Waals surface area contributed by atoms with E-state index in [1.54, 1.807) is 0 Å². The topological polar surface area (TPSA) is 41.0 Å². The van der Waals surface area contributed by atoms with E-state index in [9.17, 15) is 0 Å². The summed E-state index contributed by atoms with van der Waals surface area (Å²) >= 11 is 0. The third kappa shape index (κ3) is 2.53. The molecule has 0 saturated carbocycles. The molecule has 4 heteroatoms. The summed E-state index contributed by atoms with van der Waals surface area (Å²) in [6, 6.07) is 8.13. The van der Waals surface area contributed by atoms with E-state index in [-0.39, 0.29) is 0 Å². The Balaban J connectivity index is 2.23. The first-order chi connectivity index (χ1) is 8.20. The lowest BCUT2D eigenvalue weighted by atomic mass is 10.2. The minimum Gasteiger partial charge on any atom is -0.388 e. The van der Waals surface area contributed by atoms with Crippen molar-refractivity contribution < 1.29 is 0 Å². The summed E-state index contributed by atoms with van der Waals surface area (Å²) in [5.41, 5.74) is 3.22. The van der Waals surface area contributed by atoms with E-state index in [4.69, 9.17) is 0 Å². The Hall–Kier alpha value is -2.10. The molecule has 1 N–H and O–H groups in total. The number of hydrogen-bond acceptors (Lipinski definition) is 4. The quantitative estimate of drug-likeness (QED) is 0.876. The predicted molar refractivity (Wildman–Crippen MR) is 70.8 cm³/mol. The van der Waals surface area contributed by atoms with E-state index < -0.39 is 0 Å². The Kier molecular flexibility index (Phi) is 3.23. The number of aryl methyl sites for hydroxylation is 1. The maximum atomic E-state index is 4.30. The number of nitrogens with one attached hydrogen (secondary N) is 1. The molecule has 0 fully saturated rings. The average Bonchev–Trinajstić information content (AvgIpc) is 2.39. The van der Waals surface area contributed by atoms with Crippen molar-refractivity contribution in [1.29, 1.82) is 0 Å². The third-order valence-corrected chi connectivity index (χ3v) is 2.61. The van der Waals surface area contributed by atoms with Gasteiger partial charge in [0.2, 0.25) is 5.95 Å². The van der Waals surface area contributed by atoms with Crippen LogP contribution in [0, 0.1) is 6.92 Å². The van der Waals surface area contributed by atoms with Gasteiger partial charge in [-0.25, -0.2) is 9.97 Å². The zero-order valence-corrected chi connectivity index (χ0v) is 10.3. The third-order valence-electron chi connectivity index (χ3n) is 2.61. The van der Waals surface area contributed by atoms with Gasteiger partial charge in [0.05, 0.1) is 0 Å². The molecule has 0 spiro atoms. The Morgan fingerprint density at radius 2 is 1.65 bits per heavy atom. The average molecular weight is 228 g/mol. The van der Waals surface area contributed by atoms with Gasteiger partial charge in [-0.3, -0.25) is 0 Å². The molecule has 2 rings (SSSR count). The SMILES string of the molecule is CNc1ccc(N(C)c2ncc(C)cn2)cc1. The molecule has 0 saturated heterocycles. The predicted octanol–water partition coefficient (Wildman–Crippen LogP) is 2.59. The molecule has 1 heterocycles. The summed E-state index contributed by atoms with van der Waals surface area (Å²) in [5, 5.41) is 3.09. The second-order valence-electron chi connectivity index (χ2n) is 3.92. The normalized spacial score (nSPS) is 10.1. The van der Waals surface area contributed by atoms with Crippen LogP contribution >= 0.6 is 0 Å². The van der Waals surface area contributed by atoms with Crippen molar-refractivity contribution in [2.75, 3.05) is 24.3 Å². The fourth-order valence-corrected chi connectivity index (χ4v) is 1.53. The molecule has 0 amide bonds. The molecule has 1 aromatic heterocycles. The highest BCUT2D eigenvalue weighted by atomic mass is 15.2. The van der Waals surface area contributed by atoms with Gasteiger partial charge < -0.3 is 10.2 Å². The molecule has 17 heavy (non-hydrogen) atoms. The van der Waals surface area contributed by atoms with Crippen molar-refractivity contribution in [3.8, 4) is 0 Å². The molecular formula is C13H16N4. The van der Waals surface area contributed by atoms with Gasteiger partial charge in [-0.05, 0) is 36.8 Å². The van der Waals surface area contributed by atoms with E-state index in [1.807, 2.05) is 62.6 Å². The Morgan fingerprint density at radius 3 is 2.18 bits per heavy atom. The smallest absolute Gasteiger partial charge is 0.229 e. The number of aromatic nitrogens is 2. The fraction of sp³-hybridized carbons (Fsp3) is 0.231. The van der Waals surface area contributed by atoms with Crippen molar-refractivity contribution >= 4 is 17.3 Å². The van der Waals surface area contributed by atoms with Crippen LogP contribution in [-0.2, 0) is 0 Å². The van der Waals surface area contributed by atoms with E-state index in [1.165, 1.54) is 0 Å². The first kappa shape index (κ1) is 11.4. The highest BCUT2D eigenvalue weighted by molar-refractivity contribution is 5.60. The highest BCUT2D eigenvalue weighted by Gasteiger charge is 2.05. The van der Waals surface area contributed by atoms with Gasteiger partial charge in [0, 0.05) is 37.9 Å². The molecule has 0 atom stereocenters. The lowest BCUT2D eigenvalue weighted by Gasteiger charge is -2.17. The van der Waals surface area contributed by atoms with Crippen LogP contribution < -0.4 is 10.2 Å². The maximum absolute atomic E-state index is 4.30. The number of rotatable bonds is 3. The highest BCUT2D eigenvalue weighted by Crippen LogP contribution is 2.21. The van der Waals surface area contributed by atoms with Crippen LogP contribution in [0.15, 0.2) is 36.7 Å². The van der Waals surface area contributed by atoms with Crippen LogP contribution in [0.1, 0.15) is 5.56 Å². The van der Waals surface area contributed by atoms with E-state index in [0.717, 1.165) is 16.9 Å². The van der Waals surface area contributed by atoms with E-state index in [0.29, 0.717) is 5.95 Å². The van der Waals surface area contributed by atoms with Crippen molar-refractivity contribution in [1.82, 2.24) is 9.97 Å². The van der Waals surface area contributed by atoms with Crippen molar-refractivity contribution in [2.45, 2.75) is 6.92 Å². The first-order valence-corrected chi connectivity index (χ1v) is 5.51. The minimum atomic E-state index is 0.702. The van der Waals surface area contributed by atoms with Crippen LogP contribution in [0.3, 0.4) is 0 Å². The van der Waals surface area contributed by atoms with Crippen LogP contribution in [-0.4, -0.2) is 24.1 Å². The molecule has 0 unspecified atom stereocenters. The summed E-state index contributed by atoms with van der Waals surface area (Å²) in [4.78, 5) is 10.5. The van der Waals surface area contributed by atoms with Gasteiger partial charge in [0.25, 0.3) is 0 Å². The minimum absolute atomic E-state index is 0.702. The van der Waals surface area contributed by atoms with Gasteiger partial charge >= 0.3 is 0 Å². The molecule has 88 valence electrons. The molecule has 0 bridgehead atoms. The lowest BCUT2D eigenvalue weighted by molar-refractivity contribution is 1.03. The van der Waals surface area contributed by atoms with Crippen LogP contribution in [0.2, 0.25) is 0 Å². The van der Waals surface area contributed by atoms with Gasteiger partial charge in [0.1, 0.15) is 0 Å².